The Bertz CT molecular complexity index is 1220. The first-order chi connectivity index (χ1) is 16.1. The second-order valence-electron chi connectivity index (χ2n) is 8.99. The van der Waals surface area contributed by atoms with Gasteiger partial charge in [-0.25, -0.2) is 4.98 Å². The second-order valence-corrected chi connectivity index (χ2v) is 8.99. The first-order valence-corrected chi connectivity index (χ1v) is 11.7. The Balaban J connectivity index is 1.33. The number of H-pyrrole nitrogens is 1. The number of piperidine rings is 2. The highest BCUT2D eigenvalue weighted by molar-refractivity contribution is 6.05. The highest BCUT2D eigenvalue weighted by Crippen LogP contribution is 2.34. The molecule has 1 aromatic carbocycles. The van der Waals surface area contributed by atoms with Gasteiger partial charge in [0.05, 0.1) is 26.1 Å². The van der Waals surface area contributed by atoms with Gasteiger partial charge in [0.25, 0.3) is 5.56 Å². The van der Waals surface area contributed by atoms with Crippen molar-refractivity contribution < 1.29 is 14.3 Å². The minimum absolute atomic E-state index is 0.00182. The Morgan fingerprint density at radius 1 is 1.06 bits per heavy atom. The van der Waals surface area contributed by atoms with Crippen LogP contribution in [-0.2, 0) is 11.3 Å². The zero-order valence-corrected chi connectivity index (χ0v) is 19.3. The Hall–Kier alpha value is -3.07. The molecule has 9 nitrogen and oxygen atoms in total. The number of amides is 1. The maximum absolute atomic E-state index is 13.1. The molecule has 0 radical (unpaired) electrons. The minimum Gasteiger partial charge on any atom is -0.493 e. The first kappa shape index (κ1) is 21.8. The normalized spacial score (nSPS) is 18.2. The topological polar surface area (TPSA) is 92.7 Å². The van der Waals surface area contributed by atoms with Crippen LogP contribution in [0.3, 0.4) is 0 Å². The highest BCUT2D eigenvalue weighted by Gasteiger charge is 2.28. The predicted octanol–water partition coefficient (Wildman–Crippen LogP) is 2.37. The van der Waals surface area contributed by atoms with Crippen molar-refractivity contribution in [3.8, 4) is 11.5 Å². The summed E-state index contributed by atoms with van der Waals surface area (Å²) in [6.45, 7) is 3.86. The van der Waals surface area contributed by atoms with Crippen molar-refractivity contribution in [1.82, 2.24) is 24.3 Å². The van der Waals surface area contributed by atoms with Crippen LogP contribution >= 0.6 is 0 Å². The number of hydrogen-bond acceptors (Lipinski definition) is 6. The van der Waals surface area contributed by atoms with Crippen LogP contribution in [-0.4, -0.2) is 76.7 Å². The van der Waals surface area contributed by atoms with Crippen LogP contribution in [0.15, 0.2) is 23.3 Å². The number of carbonyl (C=O) groups is 1. The van der Waals surface area contributed by atoms with E-state index in [2.05, 4.69) is 14.9 Å². The van der Waals surface area contributed by atoms with E-state index in [1.165, 1.54) is 43.2 Å². The fourth-order valence-corrected chi connectivity index (χ4v) is 5.24. The lowest BCUT2D eigenvalue weighted by Crippen LogP contribution is -2.49. The number of hydrogen-bond donors (Lipinski definition) is 1. The largest absolute Gasteiger partial charge is 0.493 e. The van der Waals surface area contributed by atoms with E-state index in [0.29, 0.717) is 28.6 Å². The molecule has 2 fully saturated rings. The summed E-state index contributed by atoms with van der Waals surface area (Å²) in [7, 11) is 3.14. The van der Waals surface area contributed by atoms with E-state index >= 15 is 0 Å². The molecule has 2 aliphatic heterocycles. The molecule has 5 rings (SSSR count). The summed E-state index contributed by atoms with van der Waals surface area (Å²) in [6.07, 6.45) is 7.37. The summed E-state index contributed by atoms with van der Waals surface area (Å²) in [6, 6.07) is 4.18. The maximum Gasteiger partial charge on any atom is 0.278 e. The molecule has 4 heterocycles. The first-order valence-electron chi connectivity index (χ1n) is 11.7. The van der Waals surface area contributed by atoms with Crippen LogP contribution in [0.2, 0.25) is 0 Å². The van der Waals surface area contributed by atoms with Gasteiger partial charge < -0.3 is 24.3 Å². The molecule has 0 aliphatic carbocycles. The smallest absolute Gasteiger partial charge is 0.278 e. The van der Waals surface area contributed by atoms with Gasteiger partial charge in [-0.3, -0.25) is 14.2 Å². The number of ether oxygens (including phenoxy) is 2. The molecule has 176 valence electrons. The number of aromatic amines is 1. The predicted molar refractivity (Wildman–Crippen MR) is 126 cm³/mol. The maximum atomic E-state index is 13.1. The molecule has 2 saturated heterocycles. The number of nitrogens with one attached hydrogen (secondary N) is 1. The summed E-state index contributed by atoms with van der Waals surface area (Å²) in [4.78, 5) is 38.2. The van der Waals surface area contributed by atoms with Crippen LogP contribution in [0.1, 0.15) is 32.1 Å². The lowest BCUT2D eigenvalue weighted by atomic mass is 10.00. The van der Waals surface area contributed by atoms with E-state index in [1.54, 1.807) is 26.4 Å². The number of carbonyl (C=O) groups excluding carboxylic acids is 1. The van der Waals surface area contributed by atoms with Gasteiger partial charge >= 0.3 is 0 Å². The molecule has 0 spiro atoms. The molecule has 0 atom stereocenters. The van der Waals surface area contributed by atoms with Gasteiger partial charge in [0, 0.05) is 30.6 Å². The molecule has 1 amide bonds. The van der Waals surface area contributed by atoms with Gasteiger partial charge in [-0.2, -0.15) is 0 Å². The van der Waals surface area contributed by atoms with E-state index in [1.807, 2.05) is 4.90 Å². The van der Waals surface area contributed by atoms with Gasteiger partial charge in [0.1, 0.15) is 17.6 Å². The fourth-order valence-electron chi connectivity index (χ4n) is 5.24. The molecule has 3 aromatic rings. The Kier molecular flexibility index (Phi) is 5.97. The monoisotopic (exact) mass is 453 g/mol. The standard InChI is InChI=1S/C24H31N5O4/c1-32-19-12-17-18(13-20(19)33-2)26-23-22(17)25-15-29(24(23)31)14-21(30)28-10-6-16(7-11-28)27-8-4-3-5-9-27/h12-13,15-16,26H,3-11,14H2,1-2H3. The molecule has 0 bridgehead atoms. The van der Waals surface area contributed by atoms with Gasteiger partial charge in [-0.05, 0) is 44.8 Å². The number of fused-ring (bicyclic) bond motifs is 3. The van der Waals surface area contributed by atoms with Crippen LogP contribution in [0, 0.1) is 0 Å². The third-order valence-corrected chi connectivity index (χ3v) is 7.11. The number of nitrogens with zero attached hydrogens (tertiary/aromatic N) is 4. The van der Waals surface area contributed by atoms with Gasteiger partial charge in [-0.15, -0.1) is 0 Å². The molecule has 2 aromatic heterocycles. The van der Waals surface area contributed by atoms with Crippen molar-refractivity contribution in [3.05, 3.63) is 28.8 Å². The lowest BCUT2D eigenvalue weighted by Gasteiger charge is -2.40. The van der Waals surface area contributed by atoms with Crippen LogP contribution in [0.25, 0.3) is 21.9 Å². The van der Waals surface area contributed by atoms with Crippen LogP contribution in [0.5, 0.6) is 11.5 Å². The fraction of sp³-hybridized carbons (Fsp3) is 0.542. The highest BCUT2D eigenvalue weighted by atomic mass is 16.5. The molecule has 2 aliphatic rings. The van der Waals surface area contributed by atoms with E-state index in [9.17, 15) is 9.59 Å². The number of aromatic nitrogens is 3. The molecule has 1 N–H and O–H groups in total. The zero-order valence-electron chi connectivity index (χ0n) is 19.3. The van der Waals surface area contributed by atoms with Crippen molar-refractivity contribution in [2.45, 2.75) is 44.7 Å². The summed E-state index contributed by atoms with van der Waals surface area (Å²) in [5.41, 5.74) is 1.41. The lowest BCUT2D eigenvalue weighted by molar-refractivity contribution is -0.133. The average molecular weight is 454 g/mol. The van der Waals surface area contributed by atoms with E-state index in [4.69, 9.17) is 9.47 Å². The molecule has 9 heteroatoms. The van der Waals surface area contributed by atoms with E-state index < -0.39 is 0 Å². The number of likely N-dealkylation sites (tertiary alicyclic amines) is 2. The van der Waals surface area contributed by atoms with E-state index in [0.717, 1.165) is 36.8 Å². The van der Waals surface area contributed by atoms with Crippen LogP contribution in [0.4, 0.5) is 0 Å². The number of methoxy groups -OCH3 is 2. The number of benzene rings is 1. The van der Waals surface area contributed by atoms with Gasteiger partial charge in [0.2, 0.25) is 5.91 Å². The third-order valence-electron chi connectivity index (χ3n) is 7.11. The quantitative estimate of drug-likeness (QED) is 0.638. The average Bonchev–Trinajstić information content (AvgIpc) is 3.23. The van der Waals surface area contributed by atoms with Crippen molar-refractivity contribution in [2.24, 2.45) is 0 Å². The zero-order chi connectivity index (χ0) is 22.9. The summed E-state index contributed by atoms with van der Waals surface area (Å²) < 4.78 is 12.1. The number of rotatable bonds is 5. The van der Waals surface area contributed by atoms with Gasteiger partial charge in [0.15, 0.2) is 11.5 Å². The molecule has 0 saturated carbocycles. The Morgan fingerprint density at radius 3 is 2.45 bits per heavy atom. The van der Waals surface area contributed by atoms with Crippen LogP contribution < -0.4 is 15.0 Å². The summed E-state index contributed by atoms with van der Waals surface area (Å²) in [5, 5.41) is 0.776. The molecular weight excluding hydrogens is 422 g/mol. The molecule has 0 unspecified atom stereocenters. The van der Waals surface area contributed by atoms with Crippen molar-refractivity contribution in [3.63, 3.8) is 0 Å². The SMILES string of the molecule is COc1cc2[nH]c3c(=O)n(CC(=O)N4CCC(N5CCCCC5)CC4)cnc3c2cc1OC. The third kappa shape index (κ3) is 4.06. The van der Waals surface area contributed by atoms with E-state index in [-0.39, 0.29) is 18.0 Å². The van der Waals surface area contributed by atoms with Gasteiger partial charge in [-0.1, -0.05) is 6.42 Å². The Morgan fingerprint density at radius 2 is 1.76 bits per heavy atom. The molecular formula is C24H31N5O4. The Labute approximate surface area is 192 Å². The van der Waals surface area contributed by atoms with Crippen molar-refractivity contribution >= 4 is 27.8 Å². The summed E-state index contributed by atoms with van der Waals surface area (Å²) in [5.74, 6) is 1.11. The molecule has 33 heavy (non-hydrogen) atoms. The second kappa shape index (κ2) is 9.05. The van der Waals surface area contributed by atoms with Crippen molar-refractivity contribution in [1.29, 1.82) is 0 Å². The van der Waals surface area contributed by atoms with Crippen molar-refractivity contribution in [2.75, 3.05) is 40.4 Å². The summed E-state index contributed by atoms with van der Waals surface area (Å²) >= 11 is 0. The minimum atomic E-state index is -0.259.